The van der Waals surface area contributed by atoms with Gasteiger partial charge in [0.2, 0.25) is 11.8 Å². The average Bonchev–Trinajstić information content (AvgIpc) is 2.82. The summed E-state index contributed by atoms with van der Waals surface area (Å²) in [5.74, 6) is 1.64. The fourth-order valence-corrected chi connectivity index (χ4v) is 6.91. The van der Waals surface area contributed by atoms with Crippen molar-refractivity contribution in [2.45, 2.75) is 58.0 Å². The van der Waals surface area contributed by atoms with Gasteiger partial charge in [0.25, 0.3) is 15.9 Å². The van der Waals surface area contributed by atoms with Crippen molar-refractivity contribution in [2.24, 2.45) is 5.41 Å². The molecule has 1 atom stereocenters. The fraction of sp³-hybridized carbons (Fsp3) is 0.414. The number of thioether (sulfide) groups is 1. The lowest BCUT2D eigenvalue weighted by molar-refractivity contribution is 0.0442. The third-order valence-corrected chi connectivity index (χ3v) is 9.54. The van der Waals surface area contributed by atoms with Crippen LogP contribution in [0, 0.1) is 19.3 Å². The summed E-state index contributed by atoms with van der Waals surface area (Å²) in [7, 11) is -4.08. The van der Waals surface area contributed by atoms with Crippen molar-refractivity contribution in [1.29, 1.82) is 0 Å². The summed E-state index contributed by atoms with van der Waals surface area (Å²) in [5, 5.41) is 0. The summed E-state index contributed by atoms with van der Waals surface area (Å²) in [4.78, 5) is 24.9. The number of nitrogens with one attached hydrogen (secondary N) is 1. The predicted octanol–water partition coefficient (Wildman–Crippen LogP) is 5.32. The van der Waals surface area contributed by atoms with Gasteiger partial charge in [-0.15, -0.1) is 0 Å². The molecule has 1 fully saturated rings. The van der Waals surface area contributed by atoms with E-state index in [1.807, 2.05) is 36.9 Å². The number of carbonyl (C=O) groups is 1. The highest BCUT2D eigenvalue weighted by Gasteiger charge is 2.38. The standard InChI is InChI=1S/C29H34N4O4S2/c1-18-8-6-9-19(2)26(18)24-13-25-31-28(30-24)32-39(35,36)23-11-7-10-20(12-23)27(34)33(22-16-38-17-22)21(15-37-25)14-29(3,4)5/h6-13,21-22H,14-17H2,1-5H3,(H,30,31,32)/t21-/m1/s1. The predicted molar refractivity (Wildman–Crippen MR) is 155 cm³/mol. The number of aromatic nitrogens is 2. The fourth-order valence-electron chi connectivity index (χ4n) is 5.16. The van der Waals surface area contributed by atoms with Crippen LogP contribution in [0.2, 0.25) is 0 Å². The number of hydrogen-bond donors (Lipinski definition) is 1. The van der Waals surface area contributed by atoms with E-state index >= 15 is 0 Å². The van der Waals surface area contributed by atoms with Crippen LogP contribution in [0.3, 0.4) is 0 Å². The largest absolute Gasteiger partial charge is 0.475 e. The molecule has 0 saturated carbocycles. The van der Waals surface area contributed by atoms with E-state index in [0.717, 1.165) is 28.2 Å². The van der Waals surface area contributed by atoms with Crippen LogP contribution >= 0.6 is 11.8 Å². The van der Waals surface area contributed by atoms with E-state index in [1.54, 1.807) is 30.0 Å². The molecule has 0 aliphatic carbocycles. The zero-order valence-corrected chi connectivity index (χ0v) is 24.5. The minimum Gasteiger partial charge on any atom is -0.475 e. The highest BCUT2D eigenvalue weighted by molar-refractivity contribution is 8.00. The lowest BCUT2D eigenvalue weighted by Crippen LogP contribution is -2.55. The third kappa shape index (κ3) is 5.91. The van der Waals surface area contributed by atoms with Crippen LogP contribution in [-0.4, -0.2) is 59.4 Å². The van der Waals surface area contributed by atoms with Gasteiger partial charge >= 0.3 is 0 Å². The normalized spacial score (nSPS) is 19.6. The summed E-state index contributed by atoms with van der Waals surface area (Å²) < 4.78 is 35.7. The van der Waals surface area contributed by atoms with Crippen molar-refractivity contribution in [3.05, 3.63) is 65.2 Å². The molecule has 4 bridgehead atoms. The zero-order valence-electron chi connectivity index (χ0n) is 22.9. The van der Waals surface area contributed by atoms with E-state index in [4.69, 9.17) is 4.74 Å². The van der Waals surface area contributed by atoms with Gasteiger partial charge in [0.05, 0.1) is 22.7 Å². The second-order valence-electron chi connectivity index (χ2n) is 11.4. The van der Waals surface area contributed by atoms with E-state index in [2.05, 4.69) is 35.5 Å². The van der Waals surface area contributed by atoms with Crippen molar-refractivity contribution >= 4 is 33.6 Å². The summed E-state index contributed by atoms with van der Waals surface area (Å²) in [5.41, 5.74) is 3.72. The monoisotopic (exact) mass is 566 g/mol. The van der Waals surface area contributed by atoms with Gasteiger partial charge < -0.3 is 9.64 Å². The summed E-state index contributed by atoms with van der Waals surface area (Å²) in [6, 6.07) is 13.7. The lowest BCUT2D eigenvalue weighted by Gasteiger charge is -2.43. The molecule has 3 aromatic rings. The molecule has 2 aliphatic rings. The van der Waals surface area contributed by atoms with Gasteiger partial charge in [-0.1, -0.05) is 45.0 Å². The topological polar surface area (TPSA) is 101 Å². The number of nitrogens with zero attached hydrogens (tertiary/aromatic N) is 3. The van der Waals surface area contributed by atoms with Crippen molar-refractivity contribution < 1.29 is 17.9 Å². The molecular weight excluding hydrogens is 532 g/mol. The molecule has 2 aromatic carbocycles. The molecule has 206 valence electrons. The Labute approximate surface area is 234 Å². The number of carbonyl (C=O) groups excluding carboxylic acids is 1. The number of sulfonamides is 1. The molecule has 1 N–H and O–H groups in total. The SMILES string of the molecule is Cc1cccc(C)c1-c1cc2nc(n1)NS(=O)(=O)c1cccc(c1)C(=O)N(C1CSC1)[C@H](CC(C)(C)C)CO2. The molecule has 3 heterocycles. The quantitative estimate of drug-likeness (QED) is 0.458. The minimum absolute atomic E-state index is 0.0218. The van der Waals surface area contributed by atoms with Crippen LogP contribution in [0.4, 0.5) is 5.95 Å². The number of amides is 1. The first-order valence-corrected chi connectivity index (χ1v) is 15.7. The van der Waals surface area contributed by atoms with Crippen LogP contribution in [0.1, 0.15) is 48.7 Å². The molecule has 10 heteroatoms. The second-order valence-corrected chi connectivity index (χ2v) is 14.2. The highest BCUT2D eigenvalue weighted by Crippen LogP contribution is 2.34. The summed E-state index contributed by atoms with van der Waals surface area (Å²) in [6.45, 7) is 10.6. The zero-order chi connectivity index (χ0) is 27.9. The van der Waals surface area contributed by atoms with E-state index in [9.17, 15) is 13.2 Å². The molecule has 8 nitrogen and oxygen atoms in total. The molecule has 0 unspecified atom stereocenters. The smallest absolute Gasteiger partial charge is 0.264 e. The first kappa shape index (κ1) is 27.5. The van der Waals surface area contributed by atoms with Crippen molar-refractivity contribution in [2.75, 3.05) is 22.8 Å². The van der Waals surface area contributed by atoms with Gasteiger partial charge in [-0.05, 0) is 55.0 Å². The summed E-state index contributed by atoms with van der Waals surface area (Å²) >= 11 is 1.79. The molecule has 2 aliphatic heterocycles. The molecule has 5 rings (SSSR count). The van der Waals surface area contributed by atoms with E-state index in [-0.39, 0.29) is 46.7 Å². The van der Waals surface area contributed by atoms with E-state index in [0.29, 0.717) is 17.7 Å². The van der Waals surface area contributed by atoms with Gasteiger partial charge in [-0.3, -0.25) is 4.79 Å². The highest BCUT2D eigenvalue weighted by atomic mass is 32.2. The molecule has 0 radical (unpaired) electrons. The van der Waals surface area contributed by atoms with Crippen molar-refractivity contribution in [3.8, 4) is 17.1 Å². The lowest BCUT2D eigenvalue weighted by atomic mass is 9.87. The van der Waals surface area contributed by atoms with Crippen LogP contribution in [-0.2, 0) is 10.0 Å². The van der Waals surface area contributed by atoms with Gasteiger partial charge in [-0.25, -0.2) is 18.1 Å². The van der Waals surface area contributed by atoms with Gasteiger partial charge in [0, 0.05) is 28.7 Å². The van der Waals surface area contributed by atoms with Gasteiger partial charge in [-0.2, -0.15) is 16.7 Å². The first-order chi connectivity index (χ1) is 18.4. The maximum absolute atomic E-state index is 14.0. The van der Waals surface area contributed by atoms with Crippen molar-refractivity contribution in [3.63, 3.8) is 0 Å². The Morgan fingerprint density at radius 3 is 2.38 bits per heavy atom. The Morgan fingerprint density at radius 2 is 1.74 bits per heavy atom. The summed E-state index contributed by atoms with van der Waals surface area (Å²) in [6.07, 6.45) is 0.706. The molecule has 1 saturated heterocycles. The van der Waals surface area contributed by atoms with Crippen molar-refractivity contribution in [1.82, 2.24) is 14.9 Å². The minimum atomic E-state index is -4.08. The Balaban J connectivity index is 1.68. The number of rotatable bonds is 3. The van der Waals surface area contributed by atoms with Crippen LogP contribution in [0.25, 0.3) is 11.3 Å². The molecule has 39 heavy (non-hydrogen) atoms. The molecular formula is C29H34N4O4S2. The Hall–Kier alpha value is -3.11. The van der Waals surface area contributed by atoms with E-state index in [1.165, 1.54) is 12.1 Å². The van der Waals surface area contributed by atoms with Crippen LogP contribution in [0.5, 0.6) is 5.88 Å². The number of ether oxygens (including phenoxy) is 1. The Morgan fingerprint density at radius 1 is 1.05 bits per heavy atom. The van der Waals surface area contributed by atoms with Crippen LogP contribution < -0.4 is 9.46 Å². The van der Waals surface area contributed by atoms with Crippen LogP contribution in [0.15, 0.2) is 53.4 Å². The molecule has 1 amide bonds. The maximum atomic E-state index is 14.0. The average molecular weight is 567 g/mol. The third-order valence-electron chi connectivity index (χ3n) is 6.97. The maximum Gasteiger partial charge on any atom is 0.264 e. The Bertz CT molecular complexity index is 1490. The van der Waals surface area contributed by atoms with E-state index < -0.39 is 10.0 Å². The first-order valence-electron chi connectivity index (χ1n) is 13.0. The van der Waals surface area contributed by atoms with Gasteiger partial charge in [0.15, 0.2) is 0 Å². The Kier molecular flexibility index (Phi) is 7.37. The number of anilines is 1. The number of benzene rings is 2. The van der Waals surface area contributed by atoms with Gasteiger partial charge in [0.1, 0.15) is 6.61 Å². The molecule has 0 spiro atoms. The molecule has 1 aromatic heterocycles. The number of fused-ring (bicyclic) bond motifs is 4. The second kappa shape index (κ2) is 10.5. The number of hydrogen-bond acceptors (Lipinski definition) is 7. The number of aryl methyl sites for hydroxylation is 2.